The van der Waals surface area contributed by atoms with Crippen LogP contribution < -0.4 is 10.6 Å². The summed E-state index contributed by atoms with van der Waals surface area (Å²) in [6.07, 6.45) is 3.21. The topological polar surface area (TPSA) is 41.1 Å². The van der Waals surface area contributed by atoms with Crippen molar-refractivity contribution in [2.45, 2.75) is 53.0 Å². The minimum absolute atomic E-state index is 0.204. The third-order valence-corrected chi connectivity index (χ3v) is 3.17. The zero-order chi connectivity index (χ0) is 12.2. The smallest absolute Gasteiger partial charge is 0.225 e. The number of carbonyl (C=O) groups excluding carboxylic acids is 1. The number of hydrogen-bond acceptors (Lipinski definition) is 2. The Labute approximate surface area is 99.4 Å². The molecule has 1 rings (SSSR count). The van der Waals surface area contributed by atoms with E-state index in [4.69, 9.17) is 0 Å². The van der Waals surface area contributed by atoms with Gasteiger partial charge in [-0.2, -0.15) is 0 Å². The van der Waals surface area contributed by atoms with Crippen LogP contribution in [0.4, 0.5) is 0 Å². The van der Waals surface area contributed by atoms with Gasteiger partial charge in [0.1, 0.15) is 0 Å². The van der Waals surface area contributed by atoms with Gasteiger partial charge in [0.25, 0.3) is 0 Å². The lowest BCUT2D eigenvalue weighted by atomic mass is 9.83. The van der Waals surface area contributed by atoms with Gasteiger partial charge in [0.2, 0.25) is 5.91 Å². The van der Waals surface area contributed by atoms with Crippen molar-refractivity contribution in [1.82, 2.24) is 10.6 Å². The van der Waals surface area contributed by atoms with Crippen molar-refractivity contribution < 1.29 is 4.79 Å². The third kappa shape index (κ3) is 4.12. The van der Waals surface area contributed by atoms with Crippen molar-refractivity contribution in [2.75, 3.05) is 13.1 Å². The SMILES string of the molecule is CC(C)CC(C)(C)C(=O)N[C@H]1CCCNC1. The Morgan fingerprint density at radius 2 is 2.19 bits per heavy atom. The second-order valence-corrected chi connectivity index (χ2v) is 6.00. The molecule has 3 heteroatoms. The van der Waals surface area contributed by atoms with Crippen molar-refractivity contribution in [3.8, 4) is 0 Å². The fraction of sp³-hybridized carbons (Fsp3) is 0.923. The second kappa shape index (κ2) is 5.67. The predicted molar refractivity (Wildman–Crippen MR) is 67.3 cm³/mol. The van der Waals surface area contributed by atoms with Gasteiger partial charge in [-0.05, 0) is 31.7 Å². The van der Waals surface area contributed by atoms with Crippen LogP contribution in [0.1, 0.15) is 47.0 Å². The third-order valence-electron chi connectivity index (χ3n) is 3.17. The molecule has 1 heterocycles. The summed E-state index contributed by atoms with van der Waals surface area (Å²) in [5.74, 6) is 0.764. The molecule has 3 nitrogen and oxygen atoms in total. The lowest BCUT2D eigenvalue weighted by Crippen LogP contribution is -2.49. The zero-order valence-electron chi connectivity index (χ0n) is 11.1. The molecule has 0 bridgehead atoms. The Balaban J connectivity index is 2.43. The molecule has 1 saturated heterocycles. The number of hydrogen-bond donors (Lipinski definition) is 2. The standard InChI is InChI=1S/C13H26N2O/c1-10(2)8-13(3,4)12(16)15-11-6-5-7-14-9-11/h10-11,14H,5-9H2,1-4H3,(H,15,16)/t11-/m0/s1. The molecule has 2 N–H and O–H groups in total. The van der Waals surface area contributed by atoms with E-state index in [2.05, 4.69) is 24.5 Å². The first kappa shape index (κ1) is 13.5. The Kier molecular flexibility index (Phi) is 4.78. The largest absolute Gasteiger partial charge is 0.352 e. The van der Waals surface area contributed by atoms with Crippen LogP contribution in [0.5, 0.6) is 0 Å². The zero-order valence-corrected chi connectivity index (χ0v) is 11.1. The first-order chi connectivity index (χ1) is 7.42. The number of carbonyl (C=O) groups is 1. The molecule has 0 aromatic rings. The van der Waals surface area contributed by atoms with E-state index in [1.165, 1.54) is 0 Å². The molecule has 1 atom stereocenters. The van der Waals surface area contributed by atoms with Crippen molar-refractivity contribution in [1.29, 1.82) is 0 Å². The molecule has 1 fully saturated rings. The van der Waals surface area contributed by atoms with Gasteiger partial charge in [-0.3, -0.25) is 4.79 Å². The Morgan fingerprint density at radius 1 is 1.50 bits per heavy atom. The van der Waals surface area contributed by atoms with Crippen LogP contribution in [0.2, 0.25) is 0 Å². The molecule has 16 heavy (non-hydrogen) atoms. The summed E-state index contributed by atoms with van der Waals surface area (Å²) in [6, 6.07) is 0.327. The average molecular weight is 226 g/mol. The lowest BCUT2D eigenvalue weighted by Gasteiger charge is -2.30. The molecule has 0 saturated carbocycles. The van der Waals surface area contributed by atoms with Crippen molar-refractivity contribution in [3.05, 3.63) is 0 Å². The van der Waals surface area contributed by atoms with Gasteiger partial charge in [0.05, 0.1) is 0 Å². The first-order valence-electron chi connectivity index (χ1n) is 6.43. The molecule has 1 amide bonds. The monoisotopic (exact) mass is 226 g/mol. The van der Waals surface area contributed by atoms with Crippen LogP contribution in [-0.4, -0.2) is 25.0 Å². The van der Waals surface area contributed by atoms with Crippen LogP contribution >= 0.6 is 0 Å². The minimum Gasteiger partial charge on any atom is -0.352 e. The molecule has 94 valence electrons. The summed E-state index contributed by atoms with van der Waals surface area (Å²) >= 11 is 0. The van der Waals surface area contributed by atoms with Crippen LogP contribution in [0, 0.1) is 11.3 Å². The van der Waals surface area contributed by atoms with Crippen LogP contribution in [-0.2, 0) is 4.79 Å². The van der Waals surface area contributed by atoms with Gasteiger partial charge in [-0.25, -0.2) is 0 Å². The molecule has 0 aromatic heterocycles. The van der Waals surface area contributed by atoms with E-state index in [9.17, 15) is 4.79 Å². The van der Waals surface area contributed by atoms with Crippen molar-refractivity contribution in [3.63, 3.8) is 0 Å². The van der Waals surface area contributed by atoms with E-state index in [1.54, 1.807) is 0 Å². The average Bonchev–Trinajstić information content (AvgIpc) is 2.17. The molecule has 1 aliphatic heterocycles. The summed E-state index contributed by atoms with van der Waals surface area (Å²) in [6.45, 7) is 10.4. The maximum atomic E-state index is 12.1. The minimum atomic E-state index is -0.244. The fourth-order valence-corrected chi connectivity index (χ4v) is 2.47. The van der Waals surface area contributed by atoms with Crippen LogP contribution in [0.15, 0.2) is 0 Å². The number of rotatable bonds is 4. The second-order valence-electron chi connectivity index (χ2n) is 6.00. The lowest BCUT2D eigenvalue weighted by molar-refractivity contribution is -0.131. The van der Waals surface area contributed by atoms with E-state index in [-0.39, 0.29) is 11.3 Å². The molecule has 0 aromatic carbocycles. The highest BCUT2D eigenvalue weighted by atomic mass is 16.2. The van der Waals surface area contributed by atoms with Gasteiger partial charge >= 0.3 is 0 Å². The summed E-state index contributed by atoms with van der Waals surface area (Å²) in [5.41, 5.74) is -0.244. The summed E-state index contributed by atoms with van der Waals surface area (Å²) < 4.78 is 0. The summed E-state index contributed by atoms with van der Waals surface area (Å²) in [5, 5.41) is 6.48. The fourth-order valence-electron chi connectivity index (χ4n) is 2.47. The maximum Gasteiger partial charge on any atom is 0.225 e. The quantitative estimate of drug-likeness (QED) is 0.769. The van der Waals surface area contributed by atoms with Gasteiger partial charge in [-0.1, -0.05) is 27.7 Å². The predicted octanol–water partition coefficient (Wildman–Crippen LogP) is 1.93. The molecule has 0 radical (unpaired) electrons. The van der Waals surface area contributed by atoms with Gasteiger partial charge < -0.3 is 10.6 Å². The van der Waals surface area contributed by atoms with Crippen molar-refractivity contribution in [2.24, 2.45) is 11.3 Å². The molecular formula is C13H26N2O. The number of amides is 1. The summed E-state index contributed by atoms with van der Waals surface area (Å²) in [7, 11) is 0. The first-order valence-corrected chi connectivity index (χ1v) is 6.43. The molecule has 0 spiro atoms. The highest BCUT2D eigenvalue weighted by Crippen LogP contribution is 2.25. The van der Waals surface area contributed by atoms with E-state index < -0.39 is 0 Å². The Morgan fingerprint density at radius 3 is 2.69 bits per heavy atom. The van der Waals surface area contributed by atoms with E-state index in [0.29, 0.717) is 12.0 Å². The number of nitrogens with one attached hydrogen (secondary N) is 2. The Hall–Kier alpha value is -0.570. The van der Waals surface area contributed by atoms with Gasteiger partial charge in [-0.15, -0.1) is 0 Å². The van der Waals surface area contributed by atoms with E-state index in [0.717, 1.165) is 32.4 Å². The molecule has 0 aliphatic carbocycles. The number of piperidine rings is 1. The summed E-state index contributed by atoms with van der Waals surface area (Å²) in [4.78, 5) is 12.1. The van der Waals surface area contributed by atoms with E-state index in [1.807, 2.05) is 13.8 Å². The normalized spacial score (nSPS) is 22.2. The molecule has 1 aliphatic rings. The van der Waals surface area contributed by atoms with E-state index >= 15 is 0 Å². The van der Waals surface area contributed by atoms with Crippen LogP contribution in [0.25, 0.3) is 0 Å². The van der Waals surface area contributed by atoms with Gasteiger partial charge in [0.15, 0.2) is 0 Å². The maximum absolute atomic E-state index is 12.1. The highest BCUT2D eigenvalue weighted by molar-refractivity contribution is 5.82. The van der Waals surface area contributed by atoms with Gasteiger partial charge in [0, 0.05) is 18.0 Å². The molecule has 0 unspecified atom stereocenters. The van der Waals surface area contributed by atoms with Crippen LogP contribution in [0.3, 0.4) is 0 Å². The highest BCUT2D eigenvalue weighted by Gasteiger charge is 2.30. The van der Waals surface area contributed by atoms with Crippen molar-refractivity contribution >= 4 is 5.91 Å². The molecular weight excluding hydrogens is 200 g/mol. The Bertz CT molecular complexity index is 230.